The number of amides is 1. The van der Waals surface area contributed by atoms with Crippen molar-refractivity contribution in [3.63, 3.8) is 0 Å². The molecule has 0 atom stereocenters. The van der Waals surface area contributed by atoms with E-state index in [0.29, 0.717) is 5.88 Å². The fourth-order valence-electron chi connectivity index (χ4n) is 1.45. The third kappa shape index (κ3) is 3.08. The van der Waals surface area contributed by atoms with Crippen molar-refractivity contribution < 1.29 is 13.9 Å². The molecule has 2 rings (SSSR count). The lowest BCUT2D eigenvalue weighted by atomic mass is 10.2. The van der Waals surface area contributed by atoms with Crippen molar-refractivity contribution in [2.75, 3.05) is 0 Å². The average molecular weight is 325 g/mol. The third-order valence-electron chi connectivity index (χ3n) is 2.45. The second-order valence-corrected chi connectivity index (χ2v) is 4.73. The van der Waals surface area contributed by atoms with Gasteiger partial charge in [0.25, 0.3) is 5.91 Å². The molecule has 19 heavy (non-hydrogen) atoms. The second kappa shape index (κ2) is 5.36. The first kappa shape index (κ1) is 13.5. The monoisotopic (exact) mass is 324 g/mol. The second-order valence-electron chi connectivity index (χ2n) is 3.88. The van der Waals surface area contributed by atoms with E-state index in [1.54, 1.807) is 12.3 Å². The number of hydrogen-bond donors (Lipinski definition) is 1. The molecule has 0 fully saturated rings. The number of primary amides is 1. The number of carbonyl (C=O) groups is 1. The van der Waals surface area contributed by atoms with Gasteiger partial charge in [0.05, 0.1) is 5.56 Å². The maximum Gasteiger partial charge on any atom is 0.251 e. The van der Waals surface area contributed by atoms with Crippen molar-refractivity contribution in [1.29, 1.82) is 0 Å². The Bertz CT molecular complexity index is 647. The largest absolute Gasteiger partial charge is 0.439 e. The highest BCUT2D eigenvalue weighted by atomic mass is 79.9. The number of benzene rings is 1. The normalized spacial score (nSPS) is 10.3. The van der Waals surface area contributed by atoms with Gasteiger partial charge in [-0.3, -0.25) is 4.79 Å². The zero-order chi connectivity index (χ0) is 14.0. The number of aryl methyl sites for hydroxylation is 1. The van der Waals surface area contributed by atoms with Crippen molar-refractivity contribution in [2.24, 2.45) is 5.73 Å². The van der Waals surface area contributed by atoms with Crippen LogP contribution in [0, 0.1) is 12.7 Å². The van der Waals surface area contributed by atoms with Crippen LogP contribution in [0.3, 0.4) is 0 Å². The van der Waals surface area contributed by atoms with Crippen LogP contribution in [0.2, 0.25) is 0 Å². The third-order valence-corrected chi connectivity index (χ3v) is 3.28. The molecule has 2 aromatic rings. The summed E-state index contributed by atoms with van der Waals surface area (Å²) in [5.41, 5.74) is 5.79. The molecule has 0 aliphatic heterocycles. The summed E-state index contributed by atoms with van der Waals surface area (Å²) in [6.45, 7) is 1.88. The van der Waals surface area contributed by atoms with E-state index in [4.69, 9.17) is 10.5 Å². The van der Waals surface area contributed by atoms with Crippen molar-refractivity contribution in [1.82, 2.24) is 4.98 Å². The fourth-order valence-corrected chi connectivity index (χ4v) is 1.67. The minimum Gasteiger partial charge on any atom is -0.439 e. The van der Waals surface area contributed by atoms with E-state index in [1.807, 2.05) is 6.92 Å². The van der Waals surface area contributed by atoms with Crippen LogP contribution in [0.5, 0.6) is 11.6 Å². The Morgan fingerprint density at radius 2 is 2.16 bits per heavy atom. The Morgan fingerprint density at radius 1 is 1.42 bits per heavy atom. The van der Waals surface area contributed by atoms with Crippen molar-refractivity contribution >= 4 is 21.8 Å². The van der Waals surface area contributed by atoms with E-state index < -0.39 is 11.7 Å². The summed E-state index contributed by atoms with van der Waals surface area (Å²) in [6, 6.07) is 5.55. The number of nitrogens with two attached hydrogens (primary N) is 1. The van der Waals surface area contributed by atoms with E-state index in [1.165, 1.54) is 12.1 Å². The fraction of sp³-hybridized carbons (Fsp3) is 0.0769. The summed E-state index contributed by atoms with van der Waals surface area (Å²) in [7, 11) is 0. The van der Waals surface area contributed by atoms with Crippen molar-refractivity contribution in [3.05, 3.63) is 51.9 Å². The molecule has 1 aromatic carbocycles. The van der Waals surface area contributed by atoms with Crippen LogP contribution in [0.15, 0.2) is 34.9 Å². The molecular weight excluding hydrogens is 315 g/mol. The Kier molecular flexibility index (Phi) is 3.80. The average Bonchev–Trinajstić information content (AvgIpc) is 2.33. The first-order valence-corrected chi connectivity index (χ1v) is 6.16. The quantitative estimate of drug-likeness (QED) is 0.942. The number of carbonyl (C=O) groups excluding carboxylic acids is 1. The van der Waals surface area contributed by atoms with Crippen LogP contribution in [0.25, 0.3) is 0 Å². The van der Waals surface area contributed by atoms with Crippen LogP contribution in [0.1, 0.15) is 15.9 Å². The van der Waals surface area contributed by atoms with Gasteiger partial charge >= 0.3 is 0 Å². The lowest BCUT2D eigenvalue weighted by Gasteiger charge is -2.07. The first-order valence-electron chi connectivity index (χ1n) is 5.36. The summed E-state index contributed by atoms with van der Waals surface area (Å²) in [5, 5.41) is 0. The molecule has 0 aliphatic carbocycles. The van der Waals surface area contributed by atoms with E-state index in [9.17, 15) is 9.18 Å². The molecular formula is C13H10BrFN2O2. The highest BCUT2D eigenvalue weighted by Gasteiger charge is 2.10. The van der Waals surface area contributed by atoms with E-state index in [2.05, 4.69) is 20.9 Å². The SMILES string of the molecule is Cc1cc(Oc2ccc(C(N)=O)c(F)c2)ncc1Br. The molecule has 6 heteroatoms. The summed E-state index contributed by atoms with van der Waals surface area (Å²) in [5.74, 6) is -0.954. The zero-order valence-electron chi connectivity index (χ0n) is 9.98. The zero-order valence-corrected chi connectivity index (χ0v) is 11.6. The maximum atomic E-state index is 13.5. The lowest BCUT2D eigenvalue weighted by molar-refractivity contribution is 0.0996. The highest BCUT2D eigenvalue weighted by Crippen LogP contribution is 2.25. The predicted octanol–water partition coefficient (Wildman–Crippen LogP) is 3.18. The minimum atomic E-state index is -0.818. The van der Waals surface area contributed by atoms with Crippen LogP contribution >= 0.6 is 15.9 Å². The first-order chi connectivity index (χ1) is 8.97. The van der Waals surface area contributed by atoms with E-state index >= 15 is 0 Å². The summed E-state index contributed by atoms with van der Waals surface area (Å²) in [6.07, 6.45) is 1.60. The van der Waals surface area contributed by atoms with Gasteiger partial charge in [-0.25, -0.2) is 9.37 Å². The summed E-state index contributed by atoms with van der Waals surface area (Å²) >= 11 is 3.32. The highest BCUT2D eigenvalue weighted by molar-refractivity contribution is 9.10. The number of nitrogens with zero attached hydrogens (tertiary/aromatic N) is 1. The van der Waals surface area contributed by atoms with Gasteiger partial charge in [0.15, 0.2) is 0 Å². The molecule has 98 valence electrons. The number of pyridine rings is 1. The Morgan fingerprint density at radius 3 is 2.74 bits per heavy atom. The van der Waals surface area contributed by atoms with Crippen LogP contribution in [0.4, 0.5) is 4.39 Å². The number of ether oxygens (including phenoxy) is 1. The molecule has 1 heterocycles. The van der Waals surface area contributed by atoms with Crippen LogP contribution < -0.4 is 10.5 Å². The number of aromatic nitrogens is 1. The van der Waals surface area contributed by atoms with E-state index in [0.717, 1.165) is 16.1 Å². The van der Waals surface area contributed by atoms with Gasteiger partial charge in [0.1, 0.15) is 11.6 Å². The van der Waals surface area contributed by atoms with E-state index in [-0.39, 0.29) is 11.3 Å². The summed E-state index contributed by atoms with van der Waals surface area (Å²) < 4.78 is 19.8. The van der Waals surface area contributed by atoms with Gasteiger partial charge in [-0.1, -0.05) is 0 Å². The van der Waals surface area contributed by atoms with Gasteiger partial charge in [-0.2, -0.15) is 0 Å². The standard InChI is InChI=1S/C13H10BrFN2O2/c1-7-4-12(17-6-10(7)14)19-8-2-3-9(13(16)18)11(15)5-8/h2-6H,1H3,(H2,16,18). The van der Waals surface area contributed by atoms with Crippen LogP contribution in [-0.2, 0) is 0 Å². The Labute approximate surface area is 117 Å². The van der Waals surface area contributed by atoms with Gasteiger partial charge in [0.2, 0.25) is 5.88 Å². The molecule has 0 spiro atoms. The smallest absolute Gasteiger partial charge is 0.251 e. The topological polar surface area (TPSA) is 65.2 Å². The molecule has 2 N–H and O–H groups in total. The van der Waals surface area contributed by atoms with Crippen LogP contribution in [-0.4, -0.2) is 10.9 Å². The molecule has 0 aliphatic rings. The molecule has 0 saturated carbocycles. The lowest BCUT2D eigenvalue weighted by Crippen LogP contribution is -2.12. The minimum absolute atomic E-state index is 0.174. The Balaban J connectivity index is 2.26. The van der Waals surface area contributed by atoms with Gasteiger partial charge in [-0.15, -0.1) is 0 Å². The molecule has 1 aromatic heterocycles. The maximum absolute atomic E-state index is 13.5. The van der Waals surface area contributed by atoms with Gasteiger partial charge in [0, 0.05) is 22.8 Å². The molecule has 0 bridgehead atoms. The Hall–Kier alpha value is -1.95. The number of halogens is 2. The molecule has 1 amide bonds. The molecule has 4 nitrogen and oxygen atoms in total. The molecule has 0 saturated heterocycles. The number of rotatable bonds is 3. The van der Waals surface area contributed by atoms with Gasteiger partial charge < -0.3 is 10.5 Å². The van der Waals surface area contributed by atoms with Crippen molar-refractivity contribution in [2.45, 2.75) is 6.92 Å². The molecule has 0 unspecified atom stereocenters. The van der Waals surface area contributed by atoms with Crippen molar-refractivity contribution in [3.8, 4) is 11.6 Å². The summed E-state index contributed by atoms with van der Waals surface area (Å²) in [4.78, 5) is 14.9. The predicted molar refractivity (Wildman–Crippen MR) is 71.7 cm³/mol. The number of hydrogen-bond acceptors (Lipinski definition) is 3. The molecule has 0 radical (unpaired) electrons. The van der Waals surface area contributed by atoms with Gasteiger partial charge in [-0.05, 0) is 40.5 Å².